The summed E-state index contributed by atoms with van der Waals surface area (Å²) in [5.74, 6) is 0.894. The van der Waals surface area contributed by atoms with E-state index in [1.165, 1.54) is 12.1 Å². The van der Waals surface area contributed by atoms with Crippen LogP contribution in [0.5, 0.6) is 0 Å². The van der Waals surface area contributed by atoms with Crippen LogP contribution < -0.4 is 10.2 Å². The molecule has 1 aromatic carbocycles. The fourth-order valence-electron chi connectivity index (χ4n) is 4.13. The summed E-state index contributed by atoms with van der Waals surface area (Å²) in [6.07, 6.45) is 6.19. The lowest BCUT2D eigenvalue weighted by molar-refractivity contribution is 0.458. The Labute approximate surface area is 196 Å². The van der Waals surface area contributed by atoms with E-state index in [-0.39, 0.29) is 0 Å². The van der Waals surface area contributed by atoms with Gasteiger partial charge in [0, 0.05) is 43.1 Å². The van der Waals surface area contributed by atoms with Crippen molar-refractivity contribution in [2.45, 2.75) is 12.5 Å². The predicted octanol–water partition coefficient (Wildman–Crippen LogP) is 4.78. The third kappa shape index (κ3) is 4.26. The van der Waals surface area contributed by atoms with Crippen molar-refractivity contribution in [1.29, 1.82) is 0 Å². The van der Waals surface area contributed by atoms with Gasteiger partial charge in [-0.2, -0.15) is 0 Å². The zero-order valence-electron chi connectivity index (χ0n) is 17.9. The average molecular weight is 461 g/mol. The van der Waals surface area contributed by atoms with E-state index in [0.717, 1.165) is 37.6 Å². The highest BCUT2D eigenvalue weighted by Crippen LogP contribution is 2.32. The first-order valence-electron chi connectivity index (χ1n) is 10.7. The molecule has 1 aliphatic rings. The van der Waals surface area contributed by atoms with E-state index in [1.807, 2.05) is 34.9 Å². The second kappa shape index (κ2) is 9.16. The van der Waals surface area contributed by atoms with Gasteiger partial charge in [0.15, 0.2) is 5.65 Å². The monoisotopic (exact) mass is 460 g/mol. The van der Waals surface area contributed by atoms with Gasteiger partial charge < -0.3 is 10.2 Å². The smallest absolute Gasteiger partial charge is 0.167 e. The molecule has 0 amide bonds. The number of nitrogens with one attached hydrogen (secondary N) is 1. The minimum atomic E-state index is -0.398. The number of anilines is 1. The first-order chi connectivity index (χ1) is 16.1. The number of benzene rings is 1. The normalized spacial score (nSPS) is 16.1. The van der Waals surface area contributed by atoms with Crippen molar-refractivity contribution >= 4 is 28.6 Å². The standard InChI is InChI=1S/C25H22ClFN6/c1-2-3-4-18-16-32(14-13-29-18)23-8-7-22-25(31-23)33(19-9-11-28-12-10-19)24(30-22)20-15-17(26)5-6-21(20)27/h3,5-12,15,18,29H,1,4,13-14,16H2/t18-/m1/s1. The van der Waals surface area contributed by atoms with E-state index in [1.54, 1.807) is 18.5 Å². The molecule has 0 bridgehead atoms. The van der Waals surface area contributed by atoms with E-state index in [2.05, 4.69) is 27.5 Å². The molecule has 0 saturated carbocycles. The molecule has 4 heterocycles. The van der Waals surface area contributed by atoms with Gasteiger partial charge in [0.25, 0.3) is 0 Å². The summed E-state index contributed by atoms with van der Waals surface area (Å²) in [4.78, 5) is 16.1. The van der Waals surface area contributed by atoms with E-state index in [4.69, 9.17) is 21.6 Å². The molecule has 1 saturated heterocycles. The zero-order valence-corrected chi connectivity index (χ0v) is 18.6. The molecule has 5 rings (SSSR count). The summed E-state index contributed by atoms with van der Waals surface area (Å²) in [5, 5.41) is 3.96. The van der Waals surface area contributed by atoms with Gasteiger partial charge in [0.1, 0.15) is 23.0 Å². The Morgan fingerprint density at radius 2 is 2.03 bits per heavy atom. The molecule has 4 aromatic rings. The molecule has 6 nitrogen and oxygen atoms in total. The fraction of sp³-hybridized carbons (Fsp3) is 0.200. The predicted molar refractivity (Wildman–Crippen MR) is 129 cm³/mol. The van der Waals surface area contributed by atoms with Crippen LogP contribution in [0.15, 0.2) is 73.2 Å². The number of pyridine rings is 2. The Morgan fingerprint density at radius 3 is 2.85 bits per heavy atom. The van der Waals surface area contributed by atoms with Gasteiger partial charge in [-0.15, -0.1) is 5.73 Å². The zero-order chi connectivity index (χ0) is 22.8. The average Bonchev–Trinajstić information content (AvgIpc) is 3.23. The summed E-state index contributed by atoms with van der Waals surface area (Å²) in [5.41, 5.74) is 5.27. The maximum absolute atomic E-state index is 14.8. The van der Waals surface area contributed by atoms with Crippen LogP contribution in [0.3, 0.4) is 0 Å². The second-order valence-electron chi connectivity index (χ2n) is 7.85. The molecular formula is C25H22ClFN6. The highest BCUT2D eigenvalue weighted by Gasteiger charge is 2.23. The number of nitrogens with zero attached hydrogens (tertiary/aromatic N) is 5. The summed E-state index contributed by atoms with van der Waals surface area (Å²) >= 11 is 6.19. The SMILES string of the molecule is C=C=CC[C@@H]1CN(c2ccc3nc(-c4cc(Cl)ccc4F)n(-c4ccncc4)c3n2)CCN1. The number of fused-ring (bicyclic) bond motifs is 1. The number of hydrogen-bond donors (Lipinski definition) is 1. The van der Waals surface area contributed by atoms with Gasteiger partial charge in [0.05, 0.1) is 11.3 Å². The molecule has 1 atom stereocenters. The van der Waals surface area contributed by atoms with E-state index in [0.29, 0.717) is 33.6 Å². The number of imidazole rings is 1. The summed E-state index contributed by atoms with van der Waals surface area (Å²) in [6.45, 7) is 6.16. The molecule has 1 aliphatic heterocycles. The molecule has 0 aliphatic carbocycles. The Morgan fingerprint density at radius 1 is 1.18 bits per heavy atom. The molecule has 33 heavy (non-hydrogen) atoms. The van der Waals surface area contributed by atoms with Gasteiger partial charge in [0.2, 0.25) is 0 Å². The summed E-state index contributed by atoms with van der Waals surface area (Å²) in [6, 6.07) is 12.4. The molecule has 8 heteroatoms. The van der Waals surface area contributed by atoms with Gasteiger partial charge in [-0.1, -0.05) is 18.2 Å². The molecule has 1 fully saturated rings. The van der Waals surface area contributed by atoms with Crippen molar-refractivity contribution in [1.82, 2.24) is 24.8 Å². The van der Waals surface area contributed by atoms with Crippen molar-refractivity contribution in [3.05, 3.63) is 84.1 Å². The van der Waals surface area contributed by atoms with Crippen LogP contribution in [-0.2, 0) is 0 Å². The highest BCUT2D eigenvalue weighted by molar-refractivity contribution is 6.30. The minimum absolute atomic E-state index is 0.298. The number of halogens is 2. The van der Waals surface area contributed by atoms with E-state index < -0.39 is 5.82 Å². The maximum Gasteiger partial charge on any atom is 0.167 e. The Kier molecular flexibility index (Phi) is 5.92. The summed E-state index contributed by atoms with van der Waals surface area (Å²) in [7, 11) is 0. The Hall–Kier alpha value is -3.51. The van der Waals surface area contributed by atoms with Crippen molar-refractivity contribution in [3.63, 3.8) is 0 Å². The lowest BCUT2D eigenvalue weighted by Crippen LogP contribution is -2.50. The minimum Gasteiger partial charge on any atom is -0.354 e. The van der Waals surface area contributed by atoms with Crippen molar-refractivity contribution in [2.75, 3.05) is 24.5 Å². The van der Waals surface area contributed by atoms with Crippen LogP contribution in [0.25, 0.3) is 28.2 Å². The molecule has 166 valence electrons. The quantitative estimate of drug-likeness (QED) is 0.434. The highest BCUT2D eigenvalue weighted by atomic mass is 35.5. The Bertz CT molecular complexity index is 1350. The first-order valence-corrected chi connectivity index (χ1v) is 11.1. The topological polar surface area (TPSA) is 58.9 Å². The van der Waals surface area contributed by atoms with Gasteiger partial charge >= 0.3 is 0 Å². The summed E-state index contributed by atoms with van der Waals surface area (Å²) < 4.78 is 16.7. The molecular weight excluding hydrogens is 439 g/mol. The number of hydrogen-bond acceptors (Lipinski definition) is 5. The number of rotatable bonds is 5. The Balaban J connectivity index is 1.64. The van der Waals surface area contributed by atoms with Crippen molar-refractivity contribution in [3.8, 4) is 17.1 Å². The van der Waals surface area contributed by atoms with Crippen LogP contribution in [-0.4, -0.2) is 45.2 Å². The molecule has 0 spiro atoms. The number of piperazine rings is 1. The molecule has 1 N–H and O–H groups in total. The molecule has 0 unspecified atom stereocenters. The van der Waals surface area contributed by atoms with Gasteiger partial charge in [-0.25, -0.2) is 14.4 Å². The fourth-order valence-corrected chi connectivity index (χ4v) is 4.30. The molecule has 3 aromatic heterocycles. The van der Waals surface area contributed by atoms with Gasteiger partial charge in [-0.3, -0.25) is 9.55 Å². The van der Waals surface area contributed by atoms with Crippen molar-refractivity contribution < 1.29 is 4.39 Å². The van der Waals surface area contributed by atoms with E-state index >= 15 is 0 Å². The molecule has 0 radical (unpaired) electrons. The first kappa shape index (κ1) is 21.3. The van der Waals surface area contributed by atoms with Gasteiger partial charge in [-0.05, 0) is 55.0 Å². The lowest BCUT2D eigenvalue weighted by Gasteiger charge is -2.34. The van der Waals surface area contributed by atoms with Crippen LogP contribution in [0, 0.1) is 5.82 Å². The third-order valence-corrected chi connectivity index (χ3v) is 5.94. The third-order valence-electron chi connectivity index (χ3n) is 5.71. The maximum atomic E-state index is 14.8. The van der Waals surface area contributed by atoms with Crippen LogP contribution in [0.2, 0.25) is 5.02 Å². The lowest BCUT2D eigenvalue weighted by atomic mass is 10.1. The van der Waals surface area contributed by atoms with E-state index in [9.17, 15) is 4.39 Å². The second-order valence-corrected chi connectivity index (χ2v) is 8.29. The van der Waals surface area contributed by atoms with Crippen molar-refractivity contribution in [2.24, 2.45) is 0 Å². The van der Waals surface area contributed by atoms with Crippen LogP contribution in [0.1, 0.15) is 6.42 Å². The van der Waals surface area contributed by atoms with Crippen LogP contribution in [0.4, 0.5) is 10.2 Å². The van der Waals surface area contributed by atoms with Crippen LogP contribution >= 0.6 is 11.6 Å². The number of aromatic nitrogens is 4. The largest absolute Gasteiger partial charge is 0.354 e.